The van der Waals surface area contributed by atoms with Gasteiger partial charge in [-0.05, 0) is 92.8 Å². The van der Waals surface area contributed by atoms with Crippen LogP contribution in [0.25, 0.3) is 16.7 Å². The molecule has 0 radical (unpaired) electrons. The third-order valence-corrected chi connectivity index (χ3v) is 6.69. The van der Waals surface area contributed by atoms with Crippen LogP contribution in [0.15, 0.2) is 66.7 Å². The fraction of sp³-hybridized carbons (Fsp3) is 0.212. The predicted octanol–water partition coefficient (Wildman–Crippen LogP) is 6.01. The van der Waals surface area contributed by atoms with Crippen LogP contribution in [0.3, 0.4) is 0 Å². The van der Waals surface area contributed by atoms with E-state index in [2.05, 4.69) is 10.2 Å². The maximum Gasteiger partial charge on any atom is 0.309 e. The number of esters is 1. The number of rotatable bonds is 5. The lowest BCUT2D eigenvalue weighted by atomic mass is 9.96. The Bertz CT molecular complexity index is 1720. The minimum Gasteiger partial charge on any atom is -0.507 e. The lowest BCUT2D eigenvalue weighted by Crippen LogP contribution is -2.07. The van der Waals surface area contributed by atoms with Crippen LogP contribution in [0, 0.1) is 34.6 Å². The molecule has 0 aliphatic rings. The van der Waals surface area contributed by atoms with Crippen molar-refractivity contribution in [1.82, 2.24) is 15.0 Å². The van der Waals surface area contributed by atoms with Crippen molar-refractivity contribution in [1.29, 1.82) is 0 Å². The number of ether oxygens (including phenoxy) is 1. The maximum absolute atomic E-state index is 12.4. The topological polar surface area (TPSA) is 115 Å². The number of benzene rings is 4. The molecule has 0 saturated carbocycles. The molecular formula is C33H33N3O5. The zero-order valence-corrected chi connectivity index (χ0v) is 24.0. The van der Waals surface area contributed by atoms with Crippen molar-refractivity contribution in [3.8, 4) is 17.2 Å². The van der Waals surface area contributed by atoms with Crippen LogP contribution in [-0.4, -0.2) is 44.1 Å². The highest BCUT2D eigenvalue weighted by atomic mass is 16.5. The second kappa shape index (κ2) is 12.0. The number of methoxy groups -OCH3 is 1. The Labute approximate surface area is 238 Å². The molecule has 210 valence electrons. The minimum absolute atomic E-state index is 0.0416. The molecule has 0 spiro atoms. The fourth-order valence-corrected chi connectivity index (χ4v) is 4.51. The molecule has 0 fully saturated rings. The Morgan fingerprint density at radius 2 is 1.34 bits per heavy atom. The van der Waals surface area contributed by atoms with E-state index in [-0.39, 0.29) is 29.7 Å². The standard InChI is InChI=1S/C17H17N3O3.C16H16O2/c1-10-4-5-13-14(6-10)19-20(18-13)15-8-12(9-16(21)23-3)7-11(2)17(15)22;1-10-4-6-13(12(3)8-10)16(18)14-7-5-11(2)9-15(14)17/h4-8,22H,9H2,1-3H3;4-9,17H,1-3H3. The van der Waals surface area contributed by atoms with Gasteiger partial charge in [0, 0.05) is 5.56 Å². The number of ketones is 1. The number of aryl methyl sites for hydroxylation is 5. The number of hydrogen-bond acceptors (Lipinski definition) is 7. The molecule has 1 aromatic heterocycles. The van der Waals surface area contributed by atoms with E-state index in [0.717, 1.165) is 38.9 Å². The van der Waals surface area contributed by atoms with Gasteiger partial charge in [-0.15, -0.1) is 15.0 Å². The molecule has 41 heavy (non-hydrogen) atoms. The Hall–Kier alpha value is -4.98. The number of phenols is 2. The van der Waals surface area contributed by atoms with Gasteiger partial charge in [-0.1, -0.05) is 42.0 Å². The van der Waals surface area contributed by atoms with E-state index >= 15 is 0 Å². The zero-order chi connectivity index (χ0) is 29.8. The van der Waals surface area contributed by atoms with Gasteiger partial charge in [0.25, 0.3) is 0 Å². The van der Waals surface area contributed by atoms with Gasteiger partial charge < -0.3 is 14.9 Å². The van der Waals surface area contributed by atoms with E-state index in [0.29, 0.717) is 22.4 Å². The van der Waals surface area contributed by atoms with Crippen molar-refractivity contribution >= 4 is 22.8 Å². The molecule has 5 rings (SSSR count). The van der Waals surface area contributed by atoms with Gasteiger partial charge in [-0.2, -0.15) is 0 Å². The Morgan fingerprint density at radius 3 is 2.00 bits per heavy atom. The molecule has 0 amide bonds. The first kappa shape index (κ1) is 29.0. The molecule has 0 bridgehead atoms. The quantitative estimate of drug-likeness (QED) is 0.203. The second-order valence-electron chi connectivity index (χ2n) is 10.2. The van der Waals surface area contributed by atoms with Crippen LogP contribution in [0.5, 0.6) is 11.5 Å². The van der Waals surface area contributed by atoms with E-state index < -0.39 is 0 Å². The van der Waals surface area contributed by atoms with E-state index in [9.17, 15) is 19.8 Å². The van der Waals surface area contributed by atoms with E-state index in [1.54, 1.807) is 31.2 Å². The zero-order valence-electron chi connectivity index (χ0n) is 24.0. The van der Waals surface area contributed by atoms with Crippen LogP contribution >= 0.6 is 0 Å². The molecule has 0 unspecified atom stereocenters. The summed E-state index contributed by atoms with van der Waals surface area (Å²) in [5, 5.41) is 29.0. The Morgan fingerprint density at radius 1 is 0.732 bits per heavy atom. The van der Waals surface area contributed by atoms with Crippen molar-refractivity contribution in [3.63, 3.8) is 0 Å². The summed E-state index contributed by atoms with van der Waals surface area (Å²) in [7, 11) is 1.35. The summed E-state index contributed by atoms with van der Waals surface area (Å²) in [6.45, 7) is 9.53. The molecular weight excluding hydrogens is 518 g/mol. The van der Waals surface area contributed by atoms with E-state index in [1.807, 2.05) is 70.2 Å². The number of aromatic hydroxyl groups is 2. The highest BCUT2D eigenvalue weighted by Crippen LogP contribution is 2.28. The summed E-state index contributed by atoms with van der Waals surface area (Å²) < 4.78 is 4.69. The molecule has 8 heteroatoms. The molecule has 0 aliphatic carbocycles. The number of carbonyl (C=O) groups is 2. The maximum atomic E-state index is 12.4. The van der Waals surface area contributed by atoms with Crippen molar-refractivity contribution in [2.24, 2.45) is 0 Å². The fourth-order valence-electron chi connectivity index (χ4n) is 4.51. The number of carbonyl (C=O) groups excluding carboxylic acids is 2. The normalized spacial score (nSPS) is 10.7. The number of phenolic OH excluding ortho intramolecular Hbond substituents is 2. The molecule has 0 saturated heterocycles. The van der Waals surface area contributed by atoms with Crippen LogP contribution in [0.1, 0.15) is 49.3 Å². The van der Waals surface area contributed by atoms with Crippen LogP contribution < -0.4 is 0 Å². The van der Waals surface area contributed by atoms with Crippen molar-refractivity contribution < 1.29 is 24.5 Å². The van der Waals surface area contributed by atoms with Gasteiger partial charge in [-0.3, -0.25) is 9.59 Å². The first-order valence-electron chi connectivity index (χ1n) is 13.1. The van der Waals surface area contributed by atoms with E-state index in [4.69, 9.17) is 4.74 Å². The van der Waals surface area contributed by atoms with Crippen LogP contribution in [0.4, 0.5) is 0 Å². The second-order valence-corrected chi connectivity index (χ2v) is 10.2. The monoisotopic (exact) mass is 551 g/mol. The Kier molecular flexibility index (Phi) is 8.52. The molecule has 8 nitrogen and oxygen atoms in total. The van der Waals surface area contributed by atoms with Crippen LogP contribution in [0.2, 0.25) is 0 Å². The predicted molar refractivity (Wildman–Crippen MR) is 158 cm³/mol. The van der Waals surface area contributed by atoms with Gasteiger partial charge >= 0.3 is 5.97 Å². The number of fused-ring (bicyclic) bond motifs is 1. The van der Waals surface area contributed by atoms with Gasteiger partial charge in [0.2, 0.25) is 0 Å². The third-order valence-electron chi connectivity index (χ3n) is 6.69. The highest BCUT2D eigenvalue weighted by Gasteiger charge is 2.16. The van der Waals surface area contributed by atoms with Crippen LogP contribution in [-0.2, 0) is 16.0 Å². The van der Waals surface area contributed by atoms with Crippen molar-refractivity contribution in [3.05, 3.63) is 111 Å². The summed E-state index contributed by atoms with van der Waals surface area (Å²) in [6, 6.07) is 20.0. The molecule has 4 aromatic carbocycles. The Balaban J connectivity index is 0.000000195. The van der Waals surface area contributed by atoms with Gasteiger partial charge in [0.1, 0.15) is 28.2 Å². The largest absolute Gasteiger partial charge is 0.507 e. The number of hydrogen-bond donors (Lipinski definition) is 2. The lowest BCUT2D eigenvalue weighted by molar-refractivity contribution is -0.139. The first-order valence-corrected chi connectivity index (χ1v) is 13.1. The minimum atomic E-state index is -0.338. The average Bonchev–Trinajstić information content (AvgIpc) is 3.33. The van der Waals surface area contributed by atoms with Crippen molar-refractivity contribution in [2.45, 2.75) is 41.0 Å². The summed E-state index contributed by atoms with van der Waals surface area (Å²) in [5.74, 6) is -0.337. The van der Waals surface area contributed by atoms with Crippen molar-refractivity contribution in [2.75, 3.05) is 7.11 Å². The molecule has 1 heterocycles. The number of nitrogens with zero attached hydrogens (tertiary/aromatic N) is 3. The highest BCUT2D eigenvalue weighted by molar-refractivity contribution is 6.11. The summed E-state index contributed by atoms with van der Waals surface area (Å²) >= 11 is 0. The number of aromatic nitrogens is 3. The summed E-state index contributed by atoms with van der Waals surface area (Å²) in [6.07, 6.45) is 0.129. The molecule has 0 aliphatic heterocycles. The molecule has 5 aromatic rings. The van der Waals surface area contributed by atoms with Gasteiger partial charge in [0.15, 0.2) is 5.78 Å². The first-order chi connectivity index (χ1) is 19.5. The molecule has 2 N–H and O–H groups in total. The smallest absolute Gasteiger partial charge is 0.309 e. The SMILES string of the molecule is COC(=O)Cc1cc(C)c(O)c(-n2nc3ccc(C)cc3n2)c1.Cc1ccc(C(=O)c2ccc(C)cc2O)c(C)c1. The summed E-state index contributed by atoms with van der Waals surface area (Å²) in [4.78, 5) is 25.2. The van der Waals surface area contributed by atoms with Gasteiger partial charge in [0.05, 0.1) is 19.1 Å². The van der Waals surface area contributed by atoms with Gasteiger partial charge in [-0.25, -0.2) is 0 Å². The average molecular weight is 552 g/mol. The molecule has 0 atom stereocenters. The summed E-state index contributed by atoms with van der Waals surface area (Å²) in [5.41, 5.74) is 8.39. The van der Waals surface area contributed by atoms with E-state index in [1.165, 1.54) is 11.9 Å². The lowest BCUT2D eigenvalue weighted by Gasteiger charge is -2.09. The third kappa shape index (κ3) is 6.61.